The minimum Gasteiger partial charge on any atom is -0.395 e. The van der Waals surface area contributed by atoms with Crippen LogP contribution in [0.3, 0.4) is 0 Å². The molecule has 1 saturated heterocycles. The molecule has 3 aromatic heterocycles. The predicted octanol–water partition coefficient (Wildman–Crippen LogP) is 3.81. The van der Waals surface area contributed by atoms with Crippen molar-refractivity contribution >= 4 is 38.4 Å². The highest BCUT2D eigenvalue weighted by molar-refractivity contribution is 7.18. The molecule has 5 rings (SSSR count). The number of aryl methyl sites for hydroxylation is 1. The molecule has 0 bridgehead atoms. The Hall–Kier alpha value is -2.78. The van der Waals surface area contributed by atoms with Crippen LogP contribution in [0.1, 0.15) is 38.0 Å². The summed E-state index contributed by atoms with van der Waals surface area (Å²) >= 11 is 1.79. The van der Waals surface area contributed by atoms with Crippen LogP contribution in [0.5, 0.6) is 0 Å². The summed E-state index contributed by atoms with van der Waals surface area (Å²) in [5.41, 5.74) is 1.77. The van der Waals surface area contributed by atoms with E-state index in [9.17, 15) is 0 Å². The Morgan fingerprint density at radius 3 is 2.91 bits per heavy atom. The quantitative estimate of drug-likeness (QED) is 0.348. The van der Waals surface area contributed by atoms with E-state index in [1.807, 2.05) is 24.3 Å². The lowest BCUT2D eigenvalue weighted by molar-refractivity contribution is 0.0821. The molecule has 0 N–H and O–H groups in total. The van der Waals surface area contributed by atoms with Crippen LogP contribution in [-0.4, -0.2) is 68.9 Å². The second-order valence-electron chi connectivity index (χ2n) is 8.53. The number of thiophene rings is 1. The van der Waals surface area contributed by atoms with E-state index in [1.54, 1.807) is 17.7 Å². The monoisotopic (exact) mass is 465 g/mol. The van der Waals surface area contributed by atoms with E-state index in [1.165, 1.54) is 15.1 Å². The molecule has 0 saturated carbocycles. The van der Waals surface area contributed by atoms with Gasteiger partial charge in [0.15, 0.2) is 0 Å². The number of hydrogen-bond donors (Lipinski definition) is 0. The number of hydrogen-bond acceptors (Lipinski definition) is 8. The molecular weight excluding hydrogens is 434 g/mol. The summed E-state index contributed by atoms with van der Waals surface area (Å²) in [6, 6.07) is 10.6. The normalized spacial score (nSPS) is 17.3. The number of rotatable bonds is 9. The van der Waals surface area contributed by atoms with E-state index in [0.29, 0.717) is 12.6 Å². The number of unbranched alkanes of at least 4 members (excludes halogenated alkanes) is 1. The fourth-order valence-electron chi connectivity index (χ4n) is 4.58. The Kier molecular flexibility index (Phi) is 6.68. The summed E-state index contributed by atoms with van der Waals surface area (Å²) in [7, 11) is 0. The topological polar surface area (TPSA) is 72.2 Å². The standard InChI is InChI=1S/C24H31N7OS/c1-3-18-16-29(11-7-8-14-32-31-22-10-6-5-9-21(22)27-28-31)12-13-30(18)23-20-15-19(4-2)33-24(20)26-17-25-23/h5-6,9-10,15,17-18H,3-4,7-8,11-14,16H2,1-2H3. The summed E-state index contributed by atoms with van der Waals surface area (Å²) in [5, 5.41) is 9.43. The van der Waals surface area contributed by atoms with Gasteiger partial charge in [-0.05, 0) is 55.6 Å². The third-order valence-electron chi connectivity index (χ3n) is 6.42. The average molecular weight is 466 g/mol. The van der Waals surface area contributed by atoms with Gasteiger partial charge in [-0.2, -0.15) is 0 Å². The molecule has 1 atom stereocenters. The smallest absolute Gasteiger partial charge is 0.141 e. The van der Waals surface area contributed by atoms with E-state index >= 15 is 0 Å². The molecule has 1 unspecified atom stereocenters. The lowest BCUT2D eigenvalue weighted by Gasteiger charge is -2.42. The SMILES string of the molecule is CCc1cc2c(N3CCN(CCCCOn4nnc5ccccc54)CC3CC)ncnc2s1. The number of aromatic nitrogens is 5. The molecule has 1 aliphatic rings. The summed E-state index contributed by atoms with van der Waals surface area (Å²) in [5.74, 6) is 1.11. The zero-order chi connectivity index (χ0) is 22.6. The Morgan fingerprint density at radius 2 is 2.03 bits per heavy atom. The van der Waals surface area contributed by atoms with Crippen LogP contribution in [-0.2, 0) is 6.42 Å². The summed E-state index contributed by atoms with van der Waals surface area (Å²) in [4.78, 5) is 24.1. The fourth-order valence-corrected chi connectivity index (χ4v) is 5.51. The third kappa shape index (κ3) is 4.65. The van der Waals surface area contributed by atoms with Gasteiger partial charge in [-0.1, -0.05) is 30.8 Å². The van der Waals surface area contributed by atoms with Crippen LogP contribution in [0.15, 0.2) is 36.7 Å². The van der Waals surface area contributed by atoms with Gasteiger partial charge in [-0.3, -0.25) is 4.90 Å². The molecule has 174 valence electrons. The zero-order valence-corrected chi connectivity index (χ0v) is 20.2. The highest BCUT2D eigenvalue weighted by Crippen LogP contribution is 2.32. The van der Waals surface area contributed by atoms with Gasteiger partial charge in [0.2, 0.25) is 0 Å². The van der Waals surface area contributed by atoms with E-state index < -0.39 is 0 Å². The maximum absolute atomic E-state index is 5.82. The van der Waals surface area contributed by atoms with Gasteiger partial charge >= 0.3 is 0 Å². The van der Waals surface area contributed by atoms with Crippen LogP contribution in [0.25, 0.3) is 21.3 Å². The van der Waals surface area contributed by atoms with Crippen molar-refractivity contribution in [3.63, 3.8) is 0 Å². The zero-order valence-electron chi connectivity index (χ0n) is 19.4. The fraction of sp³-hybridized carbons (Fsp3) is 0.500. The molecule has 1 fully saturated rings. The second kappa shape index (κ2) is 10.0. The summed E-state index contributed by atoms with van der Waals surface area (Å²) in [6.45, 7) is 9.34. The Balaban J connectivity index is 1.13. The van der Waals surface area contributed by atoms with Crippen molar-refractivity contribution in [2.75, 3.05) is 37.7 Å². The first-order valence-corrected chi connectivity index (χ1v) is 12.7. The Morgan fingerprint density at radius 1 is 1.12 bits per heavy atom. The molecule has 9 heteroatoms. The Labute approximate surface area is 198 Å². The minimum atomic E-state index is 0.472. The van der Waals surface area contributed by atoms with E-state index in [-0.39, 0.29) is 0 Å². The first-order valence-electron chi connectivity index (χ1n) is 11.9. The van der Waals surface area contributed by atoms with Crippen molar-refractivity contribution in [1.82, 2.24) is 30.0 Å². The minimum absolute atomic E-state index is 0.472. The van der Waals surface area contributed by atoms with Crippen LogP contribution >= 0.6 is 11.3 Å². The van der Waals surface area contributed by atoms with Crippen LogP contribution < -0.4 is 9.74 Å². The van der Waals surface area contributed by atoms with Gasteiger partial charge in [0, 0.05) is 30.6 Å². The average Bonchev–Trinajstić information content (AvgIpc) is 3.47. The summed E-state index contributed by atoms with van der Waals surface area (Å²) < 4.78 is 0. The molecule has 8 nitrogen and oxygen atoms in total. The lowest BCUT2D eigenvalue weighted by atomic mass is 10.1. The van der Waals surface area contributed by atoms with Gasteiger partial charge in [-0.25, -0.2) is 9.97 Å². The molecule has 0 radical (unpaired) electrons. The molecule has 0 aliphatic carbocycles. The van der Waals surface area contributed by atoms with Crippen LogP contribution in [0.4, 0.5) is 5.82 Å². The van der Waals surface area contributed by atoms with E-state index in [2.05, 4.69) is 45.0 Å². The van der Waals surface area contributed by atoms with Gasteiger partial charge < -0.3 is 9.74 Å². The molecule has 0 amide bonds. The third-order valence-corrected chi connectivity index (χ3v) is 7.61. The van der Waals surface area contributed by atoms with Crippen LogP contribution in [0.2, 0.25) is 0 Å². The largest absolute Gasteiger partial charge is 0.395 e. The first-order chi connectivity index (χ1) is 16.3. The number of nitrogens with zero attached hydrogens (tertiary/aromatic N) is 7. The second-order valence-corrected chi connectivity index (χ2v) is 9.65. The Bertz CT molecular complexity index is 1210. The van der Waals surface area contributed by atoms with Crippen molar-refractivity contribution in [3.8, 4) is 0 Å². The molecule has 1 aromatic carbocycles. The van der Waals surface area contributed by atoms with Gasteiger partial charge in [0.1, 0.15) is 34.6 Å². The van der Waals surface area contributed by atoms with Crippen molar-refractivity contribution < 1.29 is 4.84 Å². The molecular formula is C24H31N7OS. The van der Waals surface area contributed by atoms with Crippen molar-refractivity contribution in [3.05, 3.63) is 41.5 Å². The van der Waals surface area contributed by atoms with Crippen molar-refractivity contribution in [2.45, 2.75) is 45.6 Å². The van der Waals surface area contributed by atoms with E-state index in [0.717, 1.165) is 73.5 Å². The van der Waals surface area contributed by atoms with Gasteiger partial charge in [-0.15, -0.1) is 16.4 Å². The molecule has 33 heavy (non-hydrogen) atoms. The first kappa shape index (κ1) is 22.0. The molecule has 0 spiro atoms. The van der Waals surface area contributed by atoms with Gasteiger partial charge in [0.05, 0.1) is 5.39 Å². The number of para-hydroxylation sites is 1. The van der Waals surface area contributed by atoms with Gasteiger partial charge in [0.25, 0.3) is 0 Å². The van der Waals surface area contributed by atoms with E-state index in [4.69, 9.17) is 9.82 Å². The number of piperazine rings is 1. The molecule has 4 aromatic rings. The van der Waals surface area contributed by atoms with Crippen LogP contribution in [0, 0.1) is 0 Å². The number of benzene rings is 1. The maximum atomic E-state index is 5.82. The number of fused-ring (bicyclic) bond motifs is 2. The highest BCUT2D eigenvalue weighted by Gasteiger charge is 2.28. The molecule has 4 heterocycles. The number of anilines is 1. The lowest BCUT2D eigenvalue weighted by Crippen LogP contribution is -2.53. The van der Waals surface area contributed by atoms with Crippen molar-refractivity contribution in [2.24, 2.45) is 0 Å². The maximum Gasteiger partial charge on any atom is 0.141 e. The highest BCUT2D eigenvalue weighted by atomic mass is 32.1. The molecule has 1 aliphatic heterocycles. The summed E-state index contributed by atoms with van der Waals surface area (Å²) in [6.07, 6.45) is 5.97. The predicted molar refractivity (Wildman–Crippen MR) is 133 cm³/mol. The van der Waals surface area contributed by atoms with Crippen molar-refractivity contribution in [1.29, 1.82) is 0 Å².